The molecule has 21 heavy (non-hydrogen) atoms. The molecule has 114 valence electrons. The van der Waals surface area contributed by atoms with Crippen molar-refractivity contribution in [2.75, 3.05) is 0 Å². The minimum absolute atomic E-state index is 0.0625. The Kier molecular flexibility index (Phi) is 4.72. The van der Waals surface area contributed by atoms with Crippen molar-refractivity contribution in [1.29, 1.82) is 0 Å². The van der Waals surface area contributed by atoms with Crippen LogP contribution in [0.25, 0.3) is 0 Å². The van der Waals surface area contributed by atoms with Gasteiger partial charge in [-0.15, -0.1) is 0 Å². The topological polar surface area (TPSA) is 78.4 Å². The number of rotatable bonds is 4. The van der Waals surface area contributed by atoms with Crippen LogP contribution < -0.4 is 10.6 Å². The van der Waals surface area contributed by atoms with E-state index in [4.69, 9.17) is 5.11 Å². The summed E-state index contributed by atoms with van der Waals surface area (Å²) in [5, 5.41) is 14.0. The zero-order valence-corrected chi connectivity index (χ0v) is 11.2. The molecule has 0 spiro atoms. The average molecular weight is 298 g/mol. The van der Waals surface area contributed by atoms with Gasteiger partial charge in [-0.2, -0.15) is 0 Å². The first-order valence-corrected chi connectivity index (χ1v) is 6.67. The van der Waals surface area contributed by atoms with Crippen molar-refractivity contribution in [2.24, 2.45) is 5.92 Å². The van der Waals surface area contributed by atoms with Crippen molar-refractivity contribution < 1.29 is 23.5 Å². The highest BCUT2D eigenvalue weighted by Gasteiger charge is 2.30. The van der Waals surface area contributed by atoms with Crippen LogP contribution in [-0.4, -0.2) is 23.1 Å². The molecule has 0 aromatic heterocycles. The summed E-state index contributed by atoms with van der Waals surface area (Å²) in [5.41, 5.74) is 0.182. The second-order valence-corrected chi connectivity index (χ2v) is 5.11. The zero-order valence-electron chi connectivity index (χ0n) is 11.2. The maximum atomic E-state index is 13.4. The Labute approximate surface area is 120 Å². The number of carbonyl (C=O) groups excluding carboxylic acids is 1. The van der Waals surface area contributed by atoms with Crippen LogP contribution in [0, 0.1) is 17.6 Å². The van der Waals surface area contributed by atoms with E-state index in [1.165, 1.54) is 6.07 Å². The van der Waals surface area contributed by atoms with Crippen molar-refractivity contribution in [3.8, 4) is 0 Å². The standard InChI is InChI=1S/C14H16F2N2O3/c15-10-3-1-9(12(16)6-10)7-17-14(21)18-11-4-2-8(5-11)13(19)20/h1,3,6,8,11H,2,4-5,7H2,(H,19,20)(H2,17,18,21). The molecule has 1 saturated carbocycles. The van der Waals surface area contributed by atoms with E-state index in [2.05, 4.69) is 10.6 Å². The first kappa shape index (κ1) is 15.2. The van der Waals surface area contributed by atoms with Crippen molar-refractivity contribution >= 4 is 12.0 Å². The number of carbonyl (C=O) groups is 2. The van der Waals surface area contributed by atoms with Crippen LogP contribution in [0.2, 0.25) is 0 Å². The Morgan fingerprint density at radius 3 is 2.67 bits per heavy atom. The number of nitrogens with one attached hydrogen (secondary N) is 2. The predicted octanol–water partition coefficient (Wildman–Crippen LogP) is 2.02. The van der Waals surface area contributed by atoms with Crippen LogP contribution in [0.15, 0.2) is 18.2 Å². The third-order valence-corrected chi connectivity index (χ3v) is 3.57. The summed E-state index contributed by atoms with van der Waals surface area (Å²) in [6.45, 7) is -0.0625. The molecule has 2 rings (SSSR count). The second-order valence-electron chi connectivity index (χ2n) is 5.11. The Bertz CT molecular complexity index is 551. The summed E-state index contributed by atoms with van der Waals surface area (Å²) in [6.07, 6.45) is 1.54. The number of amides is 2. The Hall–Kier alpha value is -2.18. The molecule has 1 aromatic rings. The Balaban J connectivity index is 1.79. The maximum absolute atomic E-state index is 13.4. The van der Waals surface area contributed by atoms with Gasteiger partial charge in [-0.1, -0.05) is 6.07 Å². The summed E-state index contributed by atoms with van der Waals surface area (Å²) < 4.78 is 26.1. The van der Waals surface area contributed by atoms with E-state index in [9.17, 15) is 18.4 Å². The maximum Gasteiger partial charge on any atom is 0.315 e. The minimum atomic E-state index is -0.854. The lowest BCUT2D eigenvalue weighted by Crippen LogP contribution is -2.41. The zero-order chi connectivity index (χ0) is 15.4. The van der Waals surface area contributed by atoms with E-state index < -0.39 is 29.6 Å². The number of carboxylic acid groups (broad SMARTS) is 1. The quantitative estimate of drug-likeness (QED) is 0.795. The minimum Gasteiger partial charge on any atom is -0.481 e. The molecule has 1 aromatic carbocycles. The van der Waals surface area contributed by atoms with Gasteiger partial charge in [0.1, 0.15) is 11.6 Å². The third kappa shape index (κ3) is 4.14. The number of hydrogen-bond acceptors (Lipinski definition) is 2. The lowest BCUT2D eigenvalue weighted by molar-refractivity contribution is -0.141. The monoisotopic (exact) mass is 298 g/mol. The molecule has 0 aliphatic heterocycles. The highest BCUT2D eigenvalue weighted by molar-refractivity contribution is 5.75. The molecule has 0 radical (unpaired) electrons. The number of hydrogen-bond donors (Lipinski definition) is 3. The van der Waals surface area contributed by atoms with Crippen LogP contribution in [-0.2, 0) is 11.3 Å². The second kappa shape index (κ2) is 6.51. The van der Waals surface area contributed by atoms with E-state index >= 15 is 0 Å². The van der Waals surface area contributed by atoms with Crippen LogP contribution in [0.3, 0.4) is 0 Å². The fraction of sp³-hybridized carbons (Fsp3) is 0.429. The number of benzene rings is 1. The SMILES string of the molecule is O=C(NCc1ccc(F)cc1F)NC1CCC(C(=O)O)C1. The molecule has 0 heterocycles. The van der Waals surface area contributed by atoms with Gasteiger partial charge in [0.15, 0.2) is 0 Å². The third-order valence-electron chi connectivity index (χ3n) is 3.57. The van der Waals surface area contributed by atoms with Crippen molar-refractivity contribution in [2.45, 2.75) is 31.8 Å². The van der Waals surface area contributed by atoms with E-state index in [1.807, 2.05) is 0 Å². The van der Waals surface area contributed by atoms with E-state index in [-0.39, 0.29) is 18.2 Å². The van der Waals surface area contributed by atoms with Crippen LogP contribution in [0.1, 0.15) is 24.8 Å². The van der Waals surface area contributed by atoms with Gasteiger partial charge in [0.2, 0.25) is 0 Å². The van der Waals surface area contributed by atoms with Crippen LogP contribution >= 0.6 is 0 Å². The highest BCUT2D eigenvalue weighted by Crippen LogP contribution is 2.25. The summed E-state index contributed by atoms with van der Waals surface area (Å²) in [7, 11) is 0. The molecule has 1 aliphatic carbocycles. The van der Waals surface area contributed by atoms with Crippen LogP contribution in [0.4, 0.5) is 13.6 Å². The van der Waals surface area contributed by atoms with Gasteiger partial charge in [0.25, 0.3) is 0 Å². The molecule has 1 fully saturated rings. The van der Waals surface area contributed by atoms with Crippen molar-refractivity contribution in [3.05, 3.63) is 35.4 Å². The number of urea groups is 1. The van der Waals surface area contributed by atoms with Gasteiger partial charge in [-0.3, -0.25) is 4.79 Å². The lowest BCUT2D eigenvalue weighted by Gasteiger charge is -2.13. The Morgan fingerprint density at radius 1 is 1.29 bits per heavy atom. The van der Waals surface area contributed by atoms with Gasteiger partial charge in [0.05, 0.1) is 5.92 Å². The highest BCUT2D eigenvalue weighted by atomic mass is 19.1. The largest absolute Gasteiger partial charge is 0.481 e. The summed E-state index contributed by atoms with van der Waals surface area (Å²) in [5.74, 6) is -2.67. The van der Waals surface area contributed by atoms with Crippen molar-refractivity contribution in [3.63, 3.8) is 0 Å². The van der Waals surface area contributed by atoms with Gasteiger partial charge in [-0.25, -0.2) is 13.6 Å². The Morgan fingerprint density at radius 2 is 2.05 bits per heavy atom. The van der Waals surface area contributed by atoms with Gasteiger partial charge in [-0.05, 0) is 25.3 Å². The molecule has 2 amide bonds. The van der Waals surface area contributed by atoms with E-state index in [1.54, 1.807) is 0 Å². The van der Waals surface area contributed by atoms with Crippen molar-refractivity contribution in [1.82, 2.24) is 10.6 Å². The fourth-order valence-corrected chi connectivity index (χ4v) is 2.41. The summed E-state index contributed by atoms with van der Waals surface area (Å²) >= 11 is 0. The normalized spacial score (nSPS) is 21.0. The number of aliphatic carboxylic acids is 1. The molecular formula is C14H16F2N2O3. The molecule has 5 nitrogen and oxygen atoms in total. The smallest absolute Gasteiger partial charge is 0.315 e. The molecule has 3 N–H and O–H groups in total. The predicted molar refractivity (Wildman–Crippen MR) is 70.5 cm³/mol. The molecule has 2 unspecified atom stereocenters. The van der Waals surface area contributed by atoms with Gasteiger partial charge < -0.3 is 15.7 Å². The summed E-state index contributed by atoms with van der Waals surface area (Å²) in [4.78, 5) is 22.5. The molecule has 0 bridgehead atoms. The average Bonchev–Trinajstić information content (AvgIpc) is 2.86. The van der Waals surface area contributed by atoms with E-state index in [0.29, 0.717) is 19.3 Å². The van der Waals surface area contributed by atoms with Gasteiger partial charge in [0, 0.05) is 24.2 Å². The molecular weight excluding hydrogens is 282 g/mol. The molecule has 2 atom stereocenters. The van der Waals surface area contributed by atoms with E-state index in [0.717, 1.165) is 12.1 Å². The first-order valence-electron chi connectivity index (χ1n) is 6.67. The number of halogens is 2. The number of carboxylic acids is 1. The van der Waals surface area contributed by atoms with Crippen LogP contribution in [0.5, 0.6) is 0 Å². The fourth-order valence-electron chi connectivity index (χ4n) is 2.41. The molecule has 0 saturated heterocycles. The molecule has 1 aliphatic rings. The summed E-state index contributed by atoms with van der Waals surface area (Å²) in [6, 6.07) is 2.45. The first-order chi connectivity index (χ1) is 9.95. The lowest BCUT2D eigenvalue weighted by atomic mass is 10.1. The molecule has 7 heteroatoms. The van der Waals surface area contributed by atoms with Gasteiger partial charge >= 0.3 is 12.0 Å².